The number of carbonyl (C=O) groups excluding carboxylic acids is 1. The van der Waals surface area contributed by atoms with Gasteiger partial charge in [0, 0.05) is 12.1 Å². The SMILES string of the molecule is O=C1CCc2cc(S(=O)(=O)N(Cc3ccco3)Cc3ccco3)c(F)cc2N1. The fourth-order valence-electron chi connectivity index (χ4n) is 3.09. The maximum atomic E-state index is 14.7. The first-order valence-corrected chi connectivity index (χ1v) is 10.0. The summed E-state index contributed by atoms with van der Waals surface area (Å²) < 4.78 is 52.9. The maximum Gasteiger partial charge on any atom is 0.246 e. The molecule has 1 aliphatic heterocycles. The third kappa shape index (κ3) is 3.58. The summed E-state index contributed by atoms with van der Waals surface area (Å²) in [4.78, 5) is 11.1. The van der Waals surface area contributed by atoms with Gasteiger partial charge in [-0.1, -0.05) is 0 Å². The first-order chi connectivity index (χ1) is 13.4. The predicted octanol–water partition coefficient (Wildman–Crippen LogP) is 3.29. The maximum absolute atomic E-state index is 14.7. The molecule has 1 N–H and O–H groups in total. The topological polar surface area (TPSA) is 92.8 Å². The molecule has 0 unspecified atom stereocenters. The molecule has 0 atom stereocenters. The summed E-state index contributed by atoms with van der Waals surface area (Å²) in [6, 6.07) is 8.92. The molecule has 0 bridgehead atoms. The van der Waals surface area contributed by atoms with Gasteiger partial charge in [0.05, 0.1) is 25.6 Å². The second-order valence-electron chi connectivity index (χ2n) is 6.42. The average Bonchev–Trinajstić information content (AvgIpc) is 3.34. The first-order valence-electron chi connectivity index (χ1n) is 8.60. The number of amides is 1. The van der Waals surface area contributed by atoms with Gasteiger partial charge in [-0.25, -0.2) is 12.8 Å². The van der Waals surface area contributed by atoms with Gasteiger partial charge < -0.3 is 14.2 Å². The minimum Gasteiger partial charge on any atom is -0.468 e. The van der Waals surface area contributed by atoms with E-state index >= 15 is 0 Å². The van der Waals surface area contributed by atoms with Crippen molar-refractivity contribution < 1.29 is 26.4 Å². The number of furan rings is 2. The van der Waals surface area contributed by atoms with Crippen molar-refractivity contribution in [3.8, 4) is 0 Å². The van der Waals surface area contributed by atoms with Crippen LogP contribution in [0, 0.1) is 5.82 Å². The Labute approximate surface area is 160 Å². The van der Waals surface area contributed by atoms with Crippen molar-refractivity contribution in [2.75, 3.05) is 5.32 Å². The van der Waals surface area contributed by atoms with Gasteiger partial charge in [-0.2, -0.15) is 4.31 Å². The molecule has 1 amide bonds. The fraction of sp³-hybridized carbons (Fsp3) is 0.211. The van der Waals surface area contributed by atoms with Crippen LogP contribution in [-0.2, 0) is 34.3 Å². The highest BCUT2D eigenvalue weighted by Gasteiger charge is 2.31. The number of anilines is 1. The van der Waals surface area contributed by atoms with Crippen molar-refractivity contribution in [1.82, 2.24) is 4.31 Å². The van der Waals surface area contributed by atoms with Crippen LogP contribution in [0.15, 0.2) is 62.7 Å². The van der Waals surface area contributed by atoms with Gasteiger partial charge in [0.2, 0.25) is 15.9 Å². The number of nitrogens with one attached hydrogen (secondary N) is 1. The summed E-state index contributed by atoms with van der Waals surface area (Å²) in [6.45, 7) is -0.160. The Balaban J connectivity index is 1.73. The van der Waals surface area contributed by atoms with E-state index in [0.29, 0.717) is 29.2 Å². The zero-order valence-corrected chi connectivity index (χ0v) is 15.5. The Morgan fingerprint density at radius 2 is 1.68 bits per heavy atom. The van der Waals surface area contributed by atoms with E-state index in [1.165, 1.54) is 18.6 Å². The molecule has 0 radical (unpaired) electrons. The van der Waals surface area contributed by atoms with E-state index in [2.05, 4.69) is 5.32 Å². The lowest BCUT2D eigenvalue weighted by Crippen LogP contribution is -2.31. The predicted molar refractivity (Wildman–Crippen MR) is 97.2 cm³/mol. The summed E-state index contributed by atoms with van der Waals surface area (Å²) in [7, 11) is -4.21. The molecule has 1 aromatic carbocycles. The van der Waals surface area contributed by atoms with Crippen molar-refractivity contribution in [2.45, 2.75) is 30.8 Å². The molecule has 2 aromatic heterocycles. The number of aryl methyl sites for hydroxylation is 1. The molecule has 7 nitrogen and oxygen atoms in total. The van der Waals surface area contributed by atoms with Crippen LogP contribution in [-0.4, -0.2) is 18.6 Å². The Morgan fingerprint density at radius 1 is 1.04 bits per heavy atom. The largest absolute Gasteiger partial charge is 0.468 e. The van der Waals surface area contributed by atoms with Crippen LogP contribution in [0.3, 0.4) is 0 Å². The Hall–Kier alpha value is -2.91. The third-order valence-corrected chi connectivity index (χ3v) is 6.30. The molecule has 0 saturated heterocycles. The molecule has 1 aliphatic rings. The molecule has 0 saturated carbocycles. The molecule has 4 rings (SSSR count). The van der Waals surface area contributed by atoms with E-state index < -0.39 is 20.7 Å². The summed E-state index contributed by atoms with van der Waals surface area (Å²) in [5, 5.41) is 2.56. The number of carbonyl (C=O) groups is 1. The molecule has 0 fully saturated rings. The van der Waals surface area contributed by atoms with Crippen LogP contribution < -0.4 is 5.32 Å². The number of sulfonamides is 1. The van der Waals surface area contributed by atoms with Crippen LogP contribution >= 0.6 is 0 Å². The second-order valence-corrected chi connectivity index (χ2v) is 8.33. The Kier molecular flexibility index (Phi) is 4.78. The van der Waals surface area contributed by atoms with Crippen LogP contribution in [0.5, 0.6) is 0 Å². The van der Waals surface area contributed by atoms with Crippen molar-refractivity contribution in [3.05, 3.63) is 71.8 Å². The van der Waals surface area contributed by atoms with Crippen LogP contribution in [0.4, 0.5) is 10.1 Å². The Morgan fingerprint density at radius 3 is 2.25 bits per heavy atom. The average molecular weight is 404 g/mol. The van der Waals surface area contributed by atoms with Crippen molar-refractivity contribution in [1.29, 1.82) is 0 Å². The van der Waals surface area contributed by atoms with Gasteiger partial charge in [0.15, 0.2) is 0 Å². The molecule has 0 aliphatic carbocycles. The fourth-order valence-corrected chi connectivity index (χ4v) is 4.56. The number of hydrogen-bond acceptors (Lipinski definition) is 5. The van der Waals surface area contributed by atoms with E-state index in [4.69, 9.17) is 8.83 Å². The highest BCUT2D eigenvalue weighted by Crippen LogP contribution is 2.31. The summed E-state index contributed by atoms with van der Waals surface area (Å²) in [5.41, 5.74) is 0.881. The lowest BCUT2D eigenvalue weighted by Gasteiger charge is -2.23. The second kappa shape index (κ2) is 7.25. The standard InChI is InChI=1S/C19H17FN2O5S/c20-16-10-17-13(5-6-19(23)21-17)9-18(16)28(24,25)22(11-14-3-1-7-26-14)12-15-4-2-8-27-15/h1-4,7-10H,5-6,11-12H2,(H,21,23). The zero-order chi connectivity index (χ0) is 19.7. The number of benzene rings is 1. The van der Waals surface area contributed by atoms with Gasteiger partial charge in [0.25, 0.3) is 0 Å². The highest BCUT2D eigenvalue weighted by atomic mass is 32.2. The van der Waals surface area contributed by atoms with Crippen molar-refractivity contribution in [2.24, 2.45) is 0 Å². The van der Waals surface area contributed by atoms with Gasteiger partial charge in [0.1, 0.15) is 22.2 Å². The summed E-state index contributed by atoms with van der Waals surface area (Å²) in [6.07, 6.45) is 3.45. The monoisotopic (exact) mass is 404 g/mol. The first kappa shape index (κ1) is 18.5. The minimum atomic E-state index is -4.21. The molecule has 3 aromatic rings. The molecule has 3 heterocycles. The number of fused-ring (bicyclic) bond motifs is 1. The molecule has 146 valence electrons. The smallest absolute Gasteiger partial charge is 0.246 e. The van der Waals surface area contributed by atoms with E-state index in [1.807, 2.05) is 0 Å². The van der Waals surface area contributed by atoms with E-state index in [-0.39, 0.29) is 25.4 Å². The van der Waals surface area contributed by atoms with Gasteiger partial charge in [-0.3, -0.25) is 4.79 Å². The van der Waals surface area contributed by atoms with Gasteiger partial charge >= 0.3 is 0 Å². The lowest BCUT2D eigenvalue weighted by molar-refractivity contribution is -0.116. The molecule has 28 heavy (non-hydrogen) atoms. The van der Waals surface area contributed by atoms with Crippen molar-refractivity contribution in [3.63, 3.8) is 0 Å². The quantitative estimate of drug-likeness (QED) is 0.681. The van der Waals surface area contributed by atoms with Crippen molar-refractivity contribution >= 4 is 21.6 Å². The van der Waals surface area contributed by atoms with Gasteiger partial charge in [-0.05, 0) is 48.4 Å². The molecular weight excluding hydrogens is 387 g/mol. The number of hydrogen-bond donors (Lipinski definition) is 1. The molecule has 9 heteroatoms. The van der Waals surface area contributed by atoms with Gasteiger partial charge in [-0.15, -0.1) is 0 Å². The normalized spacial score (nSPS) is 14.1. The van der Waals surface area contributed by atoms with Crippen LogP contribution in [0.25, 0.3) is 0 Å². The lowest BCUT2D eigenvalue weighted by atomic mass is 10.0. The van der Waals surface area contributed by atoms with E-state index in [9.17, 15) is 17.6 Å². The molecule has 0 spiro atoms. The zero-order valence-electron chi connectivity index (χ0n) is 14.7. The molecular formula is C19H17FN2O5S. The van der Waals surface area contributed by atoms with Crippen LogP contribution in [0.2, 0.25) is 0 Å². The highest BCUT2D eigenvalue weighted by molar-refractivity contribution is 7.89. The van der Waals surface area contributed by atoms with Crippen LogP contribution in [0.1, 0.15) is 23.5 Å². The van der Waals surface area contributed by atoms with E-state index in [0.717, 1.165) is 10.4 Å². The Bertz CT molecular complexity index is 1060. The van der Waals surface area contributed by atoms with E-state index in [1.54, 1.807) is 24.3 Å². The number of halogens is 1. The summed E-state index contributed by atoms with van der Waals surface area (Å²) in [5.74, 6) is -0.314. The minimum absolute atomic E-state index is 0.0801. The number of rotatable bonds is 6. The third-order valence-electron chi connectivity index (χ3n) is 4.50. The summed E-state index contributed by atoms with van der Waals surface area (Å²) >= 11 is 0. The number of nitrogens with zero attached hydrogens (tertiary/aromatic N) is 1.